The van der Waals surface area contributed by atoms with E-state index in [1.807, 2.05) is 0 Å². The topological polar surface area (TPSA) is 61.9 Å². The highest BCUT2D eigenvalue weighted by atomic mass is 19.3. The van der Waals surface area contributed by atoms with E-state index in [9.17, 15) is 18.4 Å². The quantitative estimate of drug-likeness (QED) is 0.904. The third-order valence-electron chi connectivity index (χ3n) is 3.61. The minimum atomic E-state index is -3.62. The minimum Gasteiger partial charge on any atom is -0.444 e. The number of nitrogens with zero attached hydrogens (tertiary/aromatic N) is 2. The summed E-state index contributed by atoms with van der Waals surface area (Å²) in [5.41, 5.74) is 1.27. The fourth-order valence-electron chi connectivity index (χ4n) is 2.32. The second-order valence-electron chi connectivity index (χ2n) is 6.84. The summed E-state index contributed by atoms with van der Waals surface area (Å²) in [7, 11) is 0. The average Bonchev–Trinajstić information content (AvgIpc) is 2.54. The third-order valence-corrected chi connectivity index (χ3v) is 3.61. The van der Waals surface area contributed by atoms with Gasteiger partial charge >= 0.3 is 17.9 Å². The molecule has 2 amide bonds. The molecule has 2 rings (SSSR count). The fraction of sp³-hybridized carbons (Fsp3) is 0.529. The summed E-state index contributed by atoms with van der Waals surface area (Å²) in [6.45, 7) is 6.37. The van der Waals surface area contributed by atoms with Crippen molar-refractivity contribution in [2.45, 2.75) is 32.3 Å². The van der Waals surface area contributed by atoms with Gasteiger partial charge < -0.3 is 9.64 Å². The normalized spacial score (nSPS) is 16.4. The summed E-state index contributed by atoms with van der Waals surface area (Å²) in [4.78, 5) is 25.4. The number of carbonyl (C=O) groups excluding carboxylic acids is 2. The van der Waals surface area contributed by atoms with Crippen LogP contribution in [0.2, 0.25) is 0 Å². The SMILES string of the molecule is CC(C)(C)OC(=O)N1CCN(NC(=O)C(F)(F)c2ccccc2)CC1. The number of carbonyl (C=O) groups is 2. The van der Waals surface area contributed by atoms with Crippen molar-refractivity contribution in [2.75, 3.05) is 26.2 Å². The summed E-state index contributed by atoms with van der Waals surface area (Å²) >= 11 is 0. The average molecular weight is 355 g/mol. The van der Waals surface area contributed by atoms with Crippen LogP contribution < -0.4 is 5.43 Å². The number of piperazine rings is 1. The molecule has 0 atom stereocenters. The molecule has 1 aliphatic heterocycles. The van der Waals surface area contributed by atoms with Crippen LogP contribution in [-0.4, -0.2) is 53.7 Å². The number of hydrogen-bond acceptors (Lipinski definition) is 4. The summed E-state index contributed by atoms with van der Waals surface area (Å²) < 4.78 is 33.6. The van der Waals surface area contributed by atoms with Gasteiger partial charge in [-0.1, -0.05) is 30.3 Å². The molecule has 0 bridgehead atoms. The molecule has 0 unspecified atom stereocenters. The van der Waals surface area contributed by atoms with E-state index in [4.69, 9.17) is 4.74 Å². The Morgan fingerprint density at radius 2 is 1.60 bits per heavy atom. The van der Waals surface area contributed by atoms with Crippen molar-refractivity contribution in [2.24, 2.45) is 0 Å². The van der Waals surface area contributed by atoms with E-state index in [1.165, 1.54) is 34.2 Å². The van der Waals surface area contributed by atoms with E-state index in [0.717, 1.165) is 0 Å². The van der Waals surface area contributed by atoms with Gasteiger partial charge in [-0.2, -0.15) is 8.78 Å². The highest BCUT2D eigenvalue weighted by Gasteiger charge is 2.42. The van der Waals surface area contributed by atoms with Gasteiger partial charge in [-0.15, -0.1) is 0 Å². The molecule has 1 N–H and O–H groups in total. The van der Waals surface area contributed by atoms with Crippen LogP contribution in [0, 0.1) is 0 Å². The number of benzene rings is 1. The molecule has 138 valence electrons. The molecule has 1 heterocycles. The van der Waals surface area contributed by atoms with Gasteiger partial charge in [-0.05, 0) is 20.8 Å². The van der Waals surface area contributed by atoms with Crippen LogP contribution in [0.5, 0.6) is 0 Å². The number of halogens is 2. The Balaban J connectivity index is 1.87. The Morgan fingerprint density at radius 3 is 2.12 bits per heavy atom. The number of ether oxygens (including phenoxy) is 1. The van der Waals surface area contributed by atoms with Gasteiger partial charge in [0.15, 0.2) is 0 Å². The number of hydrazine groups is 1. The van der Waals surface area contributed by atoms with Gasteiger partial charge in [0.25, 0.3) is 0 Å². The molecule has 1 saturated heterocycles. The predicted molar refractivity (Wildman–Crippen MR) is 87.9 cm³/mol. The first-order chi connectivity index (χ1) is 11.6. The van der Waals surface area contributed by atoms with Crippen molar-refractivity contribution in [1.29, 1.82) is 0 Å². The highest BCUT2D eigenvalue weighted by molar-refractivity contribution is 5.84. The Bertz CT molecular complexity index is 609. The Morgan fingerprint density at radius 1 is 1.04 bits per heavy atom. The molecule has 1 aromatic rings. The van der Waals surface area contributed by atoms with Crippen molar-refractivity contribution in [3.05, 3.63) is 35.9 Å². The highest BCUT2D eigenvalue weighted by Crippen LogP contribution is 2.28. The maximum absolute atomic E-state index is 14.2. The van der Waals surface area contributed by atoms with E-state index in [1.54, 1.807) is 26.8 Å². The number of amides is 2. The van der Waals surface area contributed by atoms with Gasteiger partial charge in [0.1, 0.15) is 5.60 Å². The zero-order valence-electron chi connectivity index (χ0n) is 14.6. The van der Waals surface area contributed by atoms with Gasteiger partial charge in [-0.25, -0.2) is 9.80 Å². The second kappa shape index (κ2) is 7.35. The van der Waals surface area contributed by atoms with Crippen LogP contribution in [0.15, 0.2) is 30.3 Å². The molecule has 0 aliphatic carbocycles. The second-order valence-corrected chi connectivity index (χ2v) is 6.84. The molecule has 0 aromatic heterocycles. The molecule has 25 heavy (non-hydrogen) atoms. The molecule has 1 aliphatic rings. The third kappa shape index (κ3) is 5.12. The number of nitrogens with one attached hydrogen (secondary N) is 1. The lowest BCUT2D eigenvalue weighted by molar-refractivity contribution is -0.153. The predicted octanol–water partition coefficient (Wildman–Crippen LogP) is 2.36. The number of alkyl halides is 2. The van der Waals surface area contributed by atoms with Crippen molar-refractivity contribution in [3.8, 4) is 0 Å². The van der Waals surface area contributed by atoms with Crippen LogP contribution in [0.1, 0.15) is 26.3 Å². The van der Waals surface area contributed by atoms with E-state index >= 15 is 0 Å². The maximum atomic E-state index is 14.2. The smallest absolute Gasteiger partial charge is 0.410 e. The largest absolute Gasteiger partial charge is 0.444 e. The van der Waals surface area contributed by atoms with Crippen molar-refractivity contribution in [3.63, 3.8) is 0 Å². The van der Waals surface area contributed by atoms with Gasteiger partial charge in [0.05, 0.1) is 0 Å². The van der Waals surface area contributed by atoms with Gasteiger partial charge in [-0.3, -0.25) is 10.2 Å². The van der Waals surface area contributed by atoms with E-state index in [2.05, 4.69) is 5.43 Å². The van der Waals surface area contributed by atoms with Crippen molar-refractivity contribution < 1.29 is 23.1 Å². The first kappa shape index (κ1) is 19.1. The molecule has 6 nitrogen and oxygen atoms in total. The van der Waals surface area contributed by atoms with E-state index in [0.29, 0.717) is 0 Å². The van der Waals surface area contributed by atoms with Crippen LogP contribution in [0.25, 0.3) is 0 Å². The zero-order chi connectivity index (χ0) is 18.7. The Labute approximate surface area is 145 Å². The summed E-state index contributed by atoms with van der Waals surface area (Å²) in [6, 6.07) is 6.93. The molecule has 0 spiro atoms. The van der Waals surface area contributed by atoms with Crippen molar-refractivity contribution in [1.82, 2.24) is 15.3 Å². The molecule has 0 radical (unpaired) electrons. The lowest BCUT2D eigenvalue weighted by Crippen LogP contribution is -2.57. The lowest BCUT2D eigenvalue weighted by atomic mass is 10.1. The van der Waals surface area contributed by atoms with E-state index in [-0.39, 0.29) is 31.7 Å². The first-order valence-corrected chi connectivity index (χ1v) is 8.07. The number of rotatable bonds is 3. The van der Waals surface area contributed by atoms with Crippen LogP contribution in [0.4, 0.5) is 13.6 Å². The first-order valence-electron chi connectivity index (χ1n) is 8.07. The Kier molecular flexibility index (Phi) is 5.62. The van der Waals surface area contributed by atoms with Crippen LogP contribution in [-0.2, 0) is 15.5 Å². The summed E-state index contributed by atoms with van der Waals surface area (Å²) in [5.74, 6) is -5.01. The molecular weight excluding hydrogens is 332 g/mol. The lowest BCUT2D eigenvalue weighted by Gasteiger charge is -2.36. The molecular formula is C17H23F2N3O3. The summed E-state index contributed by atoms with van der Waals surface area (Å²) in [5, 5.41) is 1.39. The van der Waals surface area contributed by atoms with Gasteiger partial charge in [0.2, 0.25) is 0 Å². The summed E-state index contributed by atoms with van der Waals surface area (Å²) in [6.07, 6.45) is -0.451. The minimum absolute atomic E-state index is 0.246. The maximum Gasteiger partial charge on any atom is 0.410 e. The molecule has 1 fully saturated rings. The molecule has 0 saturated carbocycles. The van der Waals surface area contributed by atoms with Crippen LogP contribution >= 0.6 is 0 Å². The molecule has 1 aromatic carbocycles. The standard InChI is InChI=1S/C17H23F2N3O3/c1-16(2,3)25-15(24)21-9-11-22(12-10-21)20-14(23)17(18,19)13-7-5-4-6-8-13/h4-8H,9-12H2,1-3H3,(H,20,23). The Hall–Kier alpha value is -2.22. The fourth-order valence-corrected chi connectivity index (χ4v) is 2.32. The number of hydrogen-bond donors (Lipinski definition) is 1. The van der Waals surface area contributed by atoms with Gasteiger partial charge in [0, 0.05) is 31.7 Å². The monoisotopic (exact) mass is 355 g/mol. The van der Waals surface area contributed by atoms with Crippen LogP contribution in [0.3, 0.4) is 0 Å². The van der Waals surface area contributed by atoms with Crippen molar-refractivity contribution >= 4 is 12.0 Å². The molecule has 8 heteroatoms. The van der Waals surface area contributed by atoms with E-state index < -0.39 is 23.5 Å². The zero-order valence-corrected chi connectivity index (χ0v) is 14.6.